The third-order valence-corrected chi connectivity index (χ3v) is 4.41. The Morgan fingerprint density at radius 2 is 1.61 bits per heavy atom. The smallest absolute Gasteiger partial charge is 0.166 e. The van der Waals surface area contributed by atoms with Crippen LogP contribution in [0.5, 0.6) is 0 Å². The van der Waals surface area contributed by atoms with Crippen LogP contribution in [0, 0.1) is 17.8 Å². The topological polar surface area (TPSA) is 24.1 Å². The molecule has 0 unspecified atom stereocenters. The maximum Gasteiger partial charge on any atom is 0.166 e. The molecule has 18 heavy (non-hydrogen) atoms. The predicted octanol–water partition coefficient (Wildman–Crippen LogP) is 3.71. The maximum atomic E-state index is 5.40. The van der Waals surface area contributed by atoms with E-state index in [2.05, 4.69) is 38.3 Å². The third kappa shape index (κ3) is 5.55. The van der Waals surface area contributed by atoms with Crippen LogP contribution < -0.4 is 10.6 Å². The summed E-state index contributed by atoms with van der Waals surface area (Å²) < 4.78 is 0. The summed E-state index contributed by atoms with van der Waals surface area (Å²) in [5.41, 5.74) is 0. The lowest BCUT2D eigenvalue weighted by molar-refractivity contribution is 0.287. The Kier molecular flexibility index (Phi) is 6.98. The summed E-state index contributed by atoms with van der Waals surface area (Å²) in [6.45, 7) is 10.2. The quantitative estimate of drug-likeness (QED) is 0.745. The summed E-state index contributed by atoms with van der Waals surface area (Å²) >= 11 is 5.40. The molecule has 3 heteroatoms. The standard InChI is InChI=1S/C15H30N2S/c1-11(2)14(12(3)4)10-16-15(18)17-13-8-6-5-7-9-13/h11-14H,5-10H2,1-4H3,(H2,16,17,18). The minimum Gasteiger partial charge on any atom is -0.362 e. The summed E-state index contributed by atoms with van der Waals surface area (Å²) in [7, 11) is 0. The van der Waals surface area contributed by atoms with Gasteiger partial charge in [-0.2, -0.15) is 0 Å². The van der Waals surface area contributed by atoms with Crippen molar-refractivity contribution < 1.29 is 0 Å². The fourth-order valence-electron chi connectivity index (χ4n) is 2.94. The molecule has 2 N–H and O–H groups in total. The van der Waals surface area contributed by atoms with Gasteiger partial charge in [-0.3, -0.25) is 0 Å². The first-order valence-corrected chi connectivity index (χ1v) is 7.96. The van der Waals surface area contributed by atoms with Crippen molar-refractivity contribution in [2.75, 3.05) is 6.54 Å². The SMILES string of the molecule is CC(C)C(CNC(=S)NC1CCCCC1)C(C)C. The zero-order valence-corrected chi connectivity index (χ0v) is 13.3. The van der Waals surface area contributed by atoms with Crippen molar-refractivity contribution in [3.8, 4) is 0 Å². The first-order valence-electron chi connectivity index (χ1n) is 7.55. The van der Waals surface area contributed by atoms with Crippen LogP contribution in [0.3, 0.4) is 0 Å². The number of thiocarbonyl (C=S) groups is 1. The van der Waals surface area contributed by atoms with Gasteiger partial charge in [0, 0.05) is 12.6 Å². The van der Waals surface area contributed by atoms with Gasteiger partial charge in [-0.05, 0) is 42.8 Å². The van der Waals surface area contributed by atoms with Crippen molar-refractivity contribution in [2.45, 2.75) is 65.8 Å². The highest BCUT2D eigenvalue weighted by Gasteiger charge is 2.18. The number of rotatable bonds is 5. The van der Waals surface area contributed by atoms with Crippen LogP contribution in [0.2, 0.25) is 0 Å². The summed E-state index contributed by atoms with van der Waals surface area (Å²) in [6, 6.07) is 0.607. The van der Waals surface area contributed by atoms with E-state index < -0.39 is 0 Å². The molecular formula is C15H30N2S. The van der Waals surface area contributed by atoms with E-state index in [9.17, 15) is 0 Å². The van der Waals surface area contributed by atoms with E-state index in [0.717, 1.165) is 11.7 Å². The summed E-state index contributed by atoms with van der Waals surface area (Å²) in [5.74, 6) is 2.10. The van der Waals surface area contributed by atoms with Crippen LogP contribution in [0.25, 0.3) is 0 Å². The van der Waals surface area contributed by atoms with Crippen molar-refractivity contribution in [3.05, 3.63) is 0 Å². The molecule has 2 nitrogen and oxygen atoms in total. The van der Waals surface area contributed by atoms with Crippen molar-refractivity contribution in [2.24, 2.45) is 17.8 Å². The largest absolute Gasteiger partial charge is 0.362 e. The molecule has 0 saturated heterocycles. The predicted molar refractivity (Wildman–Crippen MR) is 83.8 cm³/mol. The summed E-state index contributed by atoms with van der Waals surface area (Å²) in [5, 5.41) is 7.74. The minimum atomic E-state index is 0.607. The van der Waals surface area contributed by atoms with Gasteiger partial charge in [-0.25, -0.2) is 0 Å². The van der Waals surface area contributed by atoms with Crippen LogP contribution >= 0.6 is 12.2 Å². The van der Waals surface area contributed by atoms with Crippen LogP contribution in [-0.4, -0.2) is 17.7 Å². The number of hydrogen-bond acceptors (Lipinski definition) is 1. The first kappa shape index (κ1) is 15.7. The maximum absolute atomic E-state index is 5.40. The molecule has 1 fully saturated rings. The van der Waals surface area contributed by atoms with E-state index in [0.29, 0.717) is 23.8 Å². The Balaban J connectivity index is 2.26. The van der Waals surface area contributed by atoms with Gasteiger partial charge in [-0.15, -0.1) is 0 Å². The molecule has 0 aromatic carbocycles. The molecule has 106 valence electrons. The number of hydrogen-bond donors (Lipinski definition) is 2. The number of nitrogens with one attached hydrogen (secondary N) is 2. The van der Waals surface area contributed by atoms with Gasteiger partial charge >= 0.3 is 0 Å². The fraction of sp³-hybridized carbons (Fsp3) is 0.933. The molecule has 0 amide bonds. The van der Waals surface area contributed by atoms with Gasteiger partial charge in [0.05, 0.1) is 0 Å². The highest BCUT2D eigenvalue weighted by molar-refractivity contribution is 7.80. The Morgan fingerprint density at radius 3 is 2.11 bits per heavy atom. The molecule has 1 saturated carbocycles. The zero-order valence-electron chi connectivity index (χ0n) is 12.5. The lowest BCUT2D eigenvalue weighted by Gasteiger charge is -2.28. The van der Waals surface area contributed by atoms with Crippen molar-refractivity contribution >= 4 is 17.3 Å². The lowest BCUT2D eigenvalue weighted by atomic mass is 9.85. The van der Waals surface area contributed by atoms with E-state index in [1.54, 1.807) is 0 Å². The molecule has 0 aromatic heterocycles. The Labute approximate surface area is 118 Å². The second kappa shape index (κ2) is 7.98. The fourth-order valence-corrected chi connectivity index (χ4v) is 3.19. The third-order valence-electron chi connectivity index (χ3n) is 4.15. The molecule has 0 atom stereocenters. The molecule has 0 bridgehead atoms. The average Bonchev–Trinajstić information content (AvgIpc) is 2.29. The van der Waals surface area contributed by atoms with E-state index in [1.165, 1.54) is 32.1 Å². The highest BCUT2D eigenvalue weighted by Crippen LogP contribution is 2.20. The highest BCUT2D eigenvalue weighted by atomic mass is 32.1. The molecule has 1 aliphatic rings. The van der Waals surface area contributed by atoms with E-state index >= 15 is 0 Å². The van der Waals surface area contributed by atoms with Crippen LogP contribution in [-0.2, 0) is 0 Å². The van der Waals surface area contributed by atoms with E-state index in [1.807, 2.05) is 0 Å². The monoisotopic (exact) mass is 270 g/mol. The Bertz CT molecular complexity index is 237. The Hall–Kier alpha value is -0.310. The molecule has 0 aliphatic heterocycles. The second-order valence-corrected chi connectivity index (χ2v) is 6.75. The molecule has 1 rings (SSSR count). The normalized spacial score (nSPS) is 17.5. The van der Waals surface area contributed by atoms with Gasteiger partial charge in [0.25, 0.3) is 0 Å². The Morgan fingerprint density at radius 1 is 1.06 bits per heavy atom. The molecule has 0 radical (unpaired) electrons. The van der Waals surface area contributed by atoms with Crippen molar-refractivity contribution in [1.29, 1.82) is 0 Å². The van der Waals surface area contributed by atoms with Crippen LogP contribution in [0.1, 0.15) is 59.8 Å². The molecule has 1 aliphatic carbocycles. The van der Waals surface area contributed by atoms with Gasteiger partial charge in [0.1, 0.15) is 0 Å². The second-order valence-electron chi connectivity index (χ2n) is 6.34. The summed E-state index contributed by atoms with van der Waals surface area (Å²) in [6.07, 6.45) is 6.64. The van der Waals surface area contributed by atoms with Gasteiger partial charge in [0.2, 0.25) is 0 Å². The van der Waals surface area contributed by atoms with Crippen molar-refractivity contribution in [1.82, 2.24) is 10.6 Å². The molecule has 0 aromatic rings. The van der Waals surface area contributed by atoms with E-state index in [4.69, 9.17) is 12.2 Å². The van der Waals surface area contributed by atoms with Gasteiger partial charge in [-0.1, -0.05) is 47.0 Å². The molecule has 0 heterocycles. The average molecular weight is 270 g/mol. The van der Waals surface area contributed by atoms with Gasteiger partial charge < -0.3 is 10.6 Å². The minimum absolute atomic E-state index is 0.607. The zero-order chi connectivity index (χ0) is 13.5. The lowest BCUT2D eigenvalue weighted by Crippen LogP contribution is -2.45. The summed E-state index contributed by atoms with van der Waals surface area (Å²) in [4.78, 5) is 0. The van der Waals surface area contributed by atoms with Crippen LogP contribution in [0.15, 0.2) is 0 Å². The molecular weight excluding hydrogens is 240 g/mol. The van der Waals surface area contributed by atoms with E-state index in [-0.39, 0.29) is 0 Å². The van der Waals surface area contributed by atoms with Crippen LogP contribution in [0.4, 0.5) is 0 Å². The van der Waals surface area contributed by atoms with Gasteiger partial charge in [0.15, 0.2) is 5.11 Å². The first-order chi connectivity index (χ1) is 8.50. The molecule has 0 spiro atoms. The van der Waals surface area contributed by atoms with Crippen molar-refractivity contribution in [3.63, 3.8) is 0 Å².